The molecular formula is C12H21ClN4. The Morgan fingerprint density at radius 3 is 2.65 bits per heavy atom. The summed E-state index contributed by atoms with van der Waals surface area (Å²) in [6, 6.07) is 0. The monoisotopic (exact) mass is 256 g/mol. The van der Waals surface area contributed by atoms with Gasteiger partial charge in [0.1, 0.15) is 0 Å². The number of rotatable bonds is 5. The second-order valence-corrected chi connectivity index (χ2v) is 5.07. The van der Waals surface area contributed by atoms with Gasteiger partial charge in [-0.3, -0.25) is 4.68 Å². The zero-order valence-electron chi connectivity index (χ0n) is 10.7. The van der Waals surface area contributed by atoms with E-state index < -0.39 is 0 Å². The Labute approximate surface area is 108 Å². The maximum absolute atomic E-state index is 6.19. The highest BCUT2D eigenvalue weighted by atomic mass is 35.5. The normalized spacial score (nSPS) is 16.9. The summed E-state index contributed by atoms with van der Waals surface area (Å²) in [5, 5.41) is 8.53. The summed E-state index contributed by atoms with van der Waals surface area (Å²) < 4.78 is 1.86. The predicted octanol–water partition coefficient (Wildman–Crippen LogP) is 1.57. The molecule has 0 atom stereocenters. The standard InChI is InChI=1S/C12H21ClN4/c1-10-12(13)11(16(2)15-10)9-14-5-8-17-6-3-4-7-17/h14H,3-9H2,1-2H3. The Kier molecular flexibility index (Phi) is 4.42. The third-order valence-electron chi connectivity index (χ3n) is 3.36. The number of hydrogen-bond acceptors (Lipinski definition) is 3. The van der Waals surface area contributed by atoms with E-state index in [2.05, 4.69) is 15.3 Å². The lowest BCUT2D eigenvalue weighted by Gasteiger charge is -2.14. The number of nitrogens with one attached hydrogen (secondary N) is 1. The maximum atomic E-state index is 6.19. The van der Waals surface area contributed by atoms with Gasteiger partial charge < -0.3 is 10.2 Å². The molecule has 1 aromatic rings. The Balaban J connectivity index is 1.74. The van der Waals surface area contributed by atoms with Gasteiger partial charge in [0.05, 0.1) is 16.4 Å². The van der Waals surface area contributed by atoms with Gasteiger partial charge >= 0.3 is 0 Å². The van der Waals surface area contributed by atoms with Crippen LogP contribution in [0.15, 0.2) is 0 Å². The van der Waals surface area contributed by atoms with Crippen molar-refractivity contribution in [2.24, 2.45) is 7.05 Å². The van der Waals surface area contributed by atoms with Crippen molar-refractivity contribution in [2.75, 3.05) is 26.2 Å². The summed E-state index contributed by atoms with van der Waals surface area (Å²) in [4.78, 5) is 2.50. The van der Waals surface area contributed by atoms with Gasteiger partial charge in [-0.1, -0.05) is 11.6 Å². The highest BCUT2D eigenvalue weighted by molar-refractivity contribution is 6.31. The number of hydrogen-bond donors (Lipinski definition) is 1. The van der Waals surface area contributed by atoms with Crippen LogP contribution >= 0.6 is 11.6 Å². The average Bonchev–Trinajstić information content (AvgIpc) is 2.87. The first-order valence-electron chi connectivity index (χ1n) is 6.29. The second kappa shape index (κ2) is 5.85. The number of aromatic nitrogens is 2. The van der Waals surface area contributed by atoms with Crippen LogP contribution in [0.1, 0.15) is 24.2 Å². The largest absolute Gasteiger partial charge is 0.310 e. The number of aryl methyl sites for hydroxylation is 2. The number of likely N-dealkylation sites (tertiary alicyclic amines) is 1. The van der Waals surface area contributed by atoms with Crippen LogP contribution in [-0.4, -0.2) is 40.9 Å². The molecule has 1 N–H and O–H groups in total. The minimum atomic E-state index is 0.793. The van der Waals surface area contributed by atoms with Gasteiger partial charge in [0.2, 0.25) is 0 Å². The highest BCUT2D eigenvalue weighted by Crippen LogP contribution is 2.18. The van der Waals surface area contributed by atoms with E-state index in [1.165, 1.54) is 25.9 Å². The Hall–Kier alpha value is -0.580. The lowest BCUT2D eigenvalue weighted by molar-refractivity contribution is 0.335. The van der Waals surface area contributed by atoms with Crippen molar-refractivity contribution in [1.82, 2.24) is 20.0 Å². The summed E-state index contributed by atoms with van der Waals surface area (Å²) in [6.45, 7) is 7.40. The van der Waals surface area contributed by atoms with E-state index in [1.54, 1.807) is 0 Å². The molecule has 96 valence electrons. The minimum absolute atomic E-state index is 0.793. The van der Waals surface area contributed by atoms with E-state index in [1.807, 2.05) is 18.7 Å². The SMILES string of the molecule is Cc1nn(C)c(CNCCN2CCCC2)c1Cl. The molecule has 1 aliphatic heterocycles. The fraction of sp³-hybridized carbons (Fsp3) is 0.750. The van der Waals surface area contributed by atoms with Gasteiger partial charge in [-0.2, -0.15) is 5.10 Å². The van der Waals surface area contributed by atoms with Crippen molar-refractivity contribution in [3.8, 4) is 0 Å². The van der Waals surface area contributed by atoms with E-state index in [4.69, 9.17) is 11.6 Å². The average molecular weight is 257 g/mol. The topological polar surface area (TPSA) is 33.1 Å². The zero-order chi connectivity index (χ0) is 12.3. The fourth-order valence-electron chi connectivity index (χ4n) is 2.32. The van der Waals surface area contributed by atoms with E-state index >= 15 is 0 Å². The summed E-state index contributed by atoms with van der Waals surface area (Å²) in [5.41, 5.74) is 1.98. The quantitative estimate of drug-likeness (QED) is 0.812. The zero-order valence-corrected chi connectivity index (χ0v) is 11.4. The van der Waals surface area contributed by atoms with Crippen molar-refractivity contribution in [3.63, 3.8) is 0 Å². The highest BCUT2D eigenvalue weighted by Gasteiger charge is 2.12. The van der Waals surface area contributed by atoms with Crippen molar-refractivity contribution < 1.29 is 0 Å². The molecule has 0 unspecified atom stereocenters. The molecule has 0 spiro atoms. The molecule has 17 heavy (non-hydrogen) atoms. The lowest BCUT2D eigenvalue weighted by atomic mass is 10.3. The van der Waals surface area contributed by atoms with Crippen LogP contribution in [0.5, 0.6) is 0 Å². The molecule has 0 aromatic carbocycles. The molecule has 4 nitrogen and oxygen atoms in total. The minimum Gasteiger partial charge on any atom is -0.310 e. The summed E-state index contributed by atoms with van der Waals surface area (Å²) in [7, 11) is 1.94. The van der Waals surface area contributed by atoms with Gasteiger partial charge in [0, 0.05) is 26.7 Å². The van der Waals surface area contributed by atoms with Crippen LogP contribution in [0.3, 0.4) is 0 Å². The number of nitrogens with zero attached hydrogens (tertiary/aromatic N) is 3. The van der Waals surface area contributed by atoms with Gasteiger partial charge in [0.25, 0.3) is 0 Å². The van der Waals surface area contributed by atoms with Gasteiger partial charge in [-0.15, -0.1) is 0 Å². The lowest BCUT2D eigenvalue weighted by Crippen LogP contribution is -2.30. The number of halogens is 1. The van der Waals surface area contributed by atoms with Gasteiger partial charge in [-0.05, 0) is 32.9 Å². The molecule has 5 heteroatoms. The van der Waals surface area contributed by atoms with E-state index in [0.717, 1.165) is 36.0 Å². The fourth-order valence-corrected chi connectivity index (χ4v) is 2.55. The second-order valence-electron chi connectivity index (χ2n) is 4.70. The molecular weight excluding hydrogens is 236 g/mol. The summed E-state index contributed by atoms with van der Waals surface area (Å²) in [6.07, 6.45) is 2.71. The molecule has 0 radical (unpaired) electrons. The predicted molar refractivity (Wildman–Crippen MR) is 70.3 cm³/mol. The molecule has 0 bridgehead atoms. The third-order valence-corrected chi connectivity index (χ3v) is 3.85. The van der Waals surface area contributed by atoms with Crippen molar-refractivity contribution in [2.45, 2.75) is 26.3 Å². The summed E-state index contributed by atoms with van der Waals surface area (Å²) >= 11 is 6.19. The molecule has 2 heterocycles. The maximum Gasteiger partial charge on any atom is 0.0860 e. The van der Waals surface area contributed by atoms with Crippen LogP contribution in [0, 0.1) is 6.92 Å². The van der Waals surface area contributed by atoms with Crippen molar-refractivity contribution in [3.05, 3.63) is 16.4 Å². The van der Waals surface area contributed by atoms with Gasteiger partial charge in [0.15, 0.2) is 0 Å². The first-order valence-corrected chi connectivity index (χ1v) is 6.67. The van der Waals surface area contributed by atoms with Crippen molar-refractivity contribution >= 4 is 11.6 Å². The molecule has 0 saturated carbocycles. The molecule has 1 saturated heterocycles. The van der Waals surface area contributed by atoms with Gasteiger partial charge in [-0.25, -0.2) is 0 Å². The van der Waals surface area contributed by atoms with Crippen LogP contribution in [0.25, 0.3) is 0 Å². The molecule has 0 amide bonds. The molecule has 1 aromatic heterocycles. The first kappa shape index (κ1) is 12.9. The van der Waals surface area contributed by atoms with Crippen LogP contribution in [-0.2, 0) is 13.6 Å². The van der Waals surface area contributed by atoms with Crippen LogP contribution in [0.2, 0.25) is 5.02 Å². The smallest absolute Gasteiger partial charge is 0.0860 e. The van der Waals surface area contributed by atoms with E-state index in [9.17, 15) is 0 Å². The molecule has 0 aliphatic carbocycles. The third kappa shape index (κ3) is 3.21. The Morgan fingerprint density at radius 1 is 1.35 bits per heavy atom. The van der Waals surface area contributed by atoms with Crippen LogP contribution in [0.4, 0.5) is 0 Å². The Bertz CT molecular complexity index is 369. The summed E-state index contributed by atoms with van der Waals surface area (Å²) in [5.74, 6) is 0. The van der Waals surface area contributed by atoms with E-state index in [0.29, 0.717) is 0 Å². The Morgan fingerprint density at radius 2 is 2.06 bits per heavy atom. The van der Waals surface area contributed by atoms with Crippen LogP contribution < -0.4 is 5.32 Å². The van der Waals surface area contributed by atoms with Crippen molar-refractivity contribution in [1.29, 1.82) is 0 Å². The molecule has 2 rings (SSSR count). The van der Waals surface area contributed by atoms with E-state index in [-0.39, 0.29) is 0 Å². The molecule has 1 aliphatic rings. The first-order chi connectivity index (χ1) is 8.18. The molecule has 1 fully saturated rings.